The Morgan fingerprint density at radius 2 is 1.78 bits per heavy atom. The number of rotatable bonds is 4. The third-order valence-electron chi connectivity index (χ3n) is 4.60. The molecule has 0 bridgehead atoms. The minimum absolute atomic E-state index is 0.00375. The predicted octanol–water partition coefficient (Wildman–Crippen LogP) is 3.62. The Balaban J connectivity index is 3.01. The van der Waals surface area contributed by atoms with E-state index < -0.39 is 11.8 Å². The Morgan fingerprint density at radius 3 is 2.22 bits per heavy atom. The lowest BCUT2D eigenvalue weighted by Gasteiger charge is -2.43. The summed E-state index contributed by atoms with van der Waals surface area (Å²) < 4.78 is 48.0. The number of alkyl halides is 3. The van der Waals surface area contributed by atoms with Crippen molar-refractivity contribution in [3.63, 3.8) is 0 Å². The molecule has 1 aromatic rings. The minimum atomic E-state index is -4.61. The maximum atomic E-state index is 14.2. The number of halogens is 3. The number of carbonyl (C=O) groups excluding carboxylic acids is 1. The van der Waals surface area contributed by atoms with Crippen LogP contribution in [0, 0.1) is 0 Å². The molecule has 0 saturated heterocycles. The fraction of sp³-hybridized carbons (Fsp3) is 0.471. The van der Waals surface area contributed by atoms with Gasteiger partial charge in [0.2, 0.25) is 5.60 Å². The van der Waals surface area contributed by atoms with Gasteiger partial charge in [0.15, 0.2) is 5.78 Å². The standard InChI is InChI=1S/C17H21F3O2Si/c1-4-10-8-7-9-12-14(10)16(22-23,17(18,19)20)13(6-3)11(5-2)15(12)21/h7-9H,4-6H2,1-3,23H3. The second-order valence-electron chi connectivity index (χ2n) is 5.57. The summed E-state index contributed by atoms with van der Waals surface area (Å²) in [6.07, 6.45) is -3.80. The SMILES string of the molecule is CCC1=C(CC)C(O[SiH3])(C(F)(F)F)c2c(CC)cccc2C1=O. The molecule has 0 aliphatic heterocycles. The van der Waals surface area contributed by atoms with E-state index in [0.717, 1.165) is 0 Å². The van der Waals surface area contributed by atoms with Gasteiger partial charge in [-0.15, -0.1) is 0 Å². The van der Waals surface area contributed by atoms with Gasteiger partial charge < -0.3 is 4.43 Å². The van der Waals surface area contributed by atoms with Crippen molar-refractivity contribution in [1.82, 2.24) is 0 Å². The molecule has 0 spiro atoms. The highest BCUT2D eigenvalue weighted by molar-refractivity contribution is 6.12. The molecule has 1 aromatic carbocycles. The summed E-state index contributed by atoms with van der Waals surface area (Å²) in [6.45, 7) is 5.16. The first-order valence-corrected chi connectivity index (χ1v) is 8.63. The van der Waals surface area contributed by atoms with Crippen LogP contribution in [0.1, 0.15) is 55.1 Å². The molecule has 0 aromatic heterocycles. The van der Waals surface area contributed by atoms with Crippen molar-refractivity contribution in [2.75, 3.05) is 0 Å². The zero-order chi connectivity index (χ0) is 17.4. The van der Waals surface area contributed by atoms with Crippen LogP contribution in [0.3, 0.4) is 0 Å². The summed E-state index contributed by atoms with van der Waals surface area (Å²) in [4.78, 5) is 12.7. The number of hydrogen-bond acceptors (Lipinski definition) is 2. The first kappa shape index (κ1) is 17.9. The molecule has 6 heteroatoms. The van der Waals surface area contributed by atoms with Gasteiger partial charge in [-0.1, -0.05) is 39.0 Å². The van der Waals surface area contributed by atoms with Crippen molar-refractivity contribution < 1.29 is 22.4 Å². The van der Waals surface area contributed by atoms with Crippen LogP contribution in [0.2, 0.25) is 0 Å². The van der Waals surface area contributed by atoms with Crippen molar-refractivity contribution in [3.05, 3.63) is 46.0 Å². The topological polar surface area (TPSA) is 26.3 Å². The van der Waals surface area contributed by atoms with Gasteiger partial charge in [0.05, 0.1) is 0 Å². The van der Waals surface area contributed by atoms with Crippen LogP contribution in [0.25, 0.3) is 0 Å². The van der Waals surface area contributed by atoms with Crippen LogP contribution >= 0.6 is 0 Å². The molecule has 2 rings (SSSR count). The zero-order valence-electron chi connectivity index (χ0n) is 13.8. The van der Waals surface area contributed by atoms with Gasteiger partial charge in [-0.3, -0.25) is 4.79 Å². The summed E-state index contributed by atoms with van der Waals surface area (Å²) in [5.41, 5.74) is -1.52. The largest absolute Gasteiger partial charge is 0.424 e. The summed E-state index contributed by atoms with van der Waals surface area (Å²) in [6, 6.07) is 4.78. The lowest BCUT2D eigenvalue weighted by atomic mass is 9.70. The van der Waals surface area contributed by atoms with Gasteiger partial charge in [0.25, 0.3) is 0 Å². The Hall–Kier alpha value is -1.40. The minimum Gasteiger partial charge on any atom is -0.408 e. The molecule has 0 heterocycles. The van der Waals surface area contributed by atoms with E-state index in [-0.39, 0.29) is 51.4 Å². The van der Waals surface area contributed by atoms with Crippen LogP contribution in [0.4, 0.5) is 13.2 Å². The number of hydrogen-bond donors (Lipinski definition) is 0. The van der Waals surface area contributed by atoms with E-state index >= 15 is 0 Å². The summed E-state index contributed by atoms with van der Waals surface area (Å²) in [5, 5.41) is 0. The van der Waals surface area contributed by atoms with E-state index in [1.54, 1.807) is 32.9 Å². The number of ketones is 1. The molecule has 0 saturated carbocycles. The van der Waals surface area contributed by atoms with Crippen LogP contribution in [-0.4, -0.2) is 22.4 Å². The highest BCUT2D eigenvalue weighted by Gasteiger charge is 2.62. The molecular formula is C17H21F3O2Si. The monoisotopic (exact) mass is 342 g/mol. The van der Waals surface area contributed by atoms with Crippen LogP contribution in [-0.2, 0) is 16.4 Å². The summed E-state index contributed by atoms with van der Waals surface area (Å²) in [7, 11) is -0.0820. The lowest BCUT2D eigenvalue weighted by Crippen LogP contribution is -2.50. The highest BCUT2D eigenvalue weighted by Crippen LogP contribution is 2.54. The fourth-order valence-corrected chi connectivity index (χ4v) is 4.33. The van der Waals surface area contributed by atoms with E-state index in [4.69, 9.17) is 4.43 Å². The molecule has 1 atom stereocenters. The second-order valence-corrected chi connectivity index (χ2v) is 5.98. The van der Waals surface area contributed by atoms with Crippen LogP contribution < -0.4 is 0 Å². The Labute approximate surface area is 137 Å². The average Bonchev–Trinajstić information content (AvgIpc) is 2.52. The smallest absolute Gasteiger partial charge is 0.408 e. The molecule has 1 unspecified atom stereocenters. The molecule has 126 valence electrons. The number of aryl methyl sites for hydroxylation is 1. The third kappa shape index (κ3) is 2.39. The molecule has 0 radical (unpaired) electrons. The third-order valence-corrected chi connectivity index (χ3v) is 5.22. The van der Waals surface area contributed by atoms with Crippen LogP contribution in [0.15, 0.2) is 29.3 Å². The van der Waals surface area contributed by atoms with E-state index in [0.29, 0.717) is 12.0 Å². The highest BCUT2D eigenvalue weighted by atomic mass is 28.2. The fourth-order valence-electron chi connectivity index (χ4n) is 3.65. The second kappa shape index (κ2) is 6.24. The predicted molar refractivity (Wildman–Crippen MR) is 86.5 cm³/mol. The Morgan fingerprint density at radius 1 is 1.13 bits per heavy atom. The number of fused-ring (bicyclic) bond motifs is 1. The molecule has 1 aliphatic rings. The number of Topliss-reactive ketones (excluding diaryl/α,β-unsaturated/α-hetero) is 1. The number of benzene rings is 1. The van der Waals surface area contributed by atoms with Crippen LogP contribution in [0.5, 0.6) is 0 Å². The summed E-state index contributed by atoms with van der Waals surface area (Å²) in [5.74, 6) is -0.298. The van der Waals surface area contributed by atoms with Crippen molar-refractivity contribution in [3.8, 4) is 0 Å². The first-order valence-electron chi connectivity index (χ1n) is 7.81. The maximum Gasteiger partial charge on any atom is 0.424 e. The Kier molecular flexibility index (Phi) is 4.87. The van der Waals surface area contributed by atoms with Gasteiger partial charge in [-0.2, -0.15) is 13.2 Å². The quantitative estimate of drug-likeness (QED) is 0.781. The van der Waals surface area contributed by atoms with Crippen molar-refractivity contribution in [2.24, 2.45) is 0 Å². The zero-order valence-corrected chi connectivity index (χ0v) is 15.8. The van der Waals surface area contributed by atoms with Crippen molar-refractivity contribution in [2.45, 2.75) is 51.8 Å². The molecular weight excluding hydrogens is 321 g/mol. The summed E-state index contributed by atoms with van der Waals surface area (Å²) >= 11 is 0. The van der Waals surface area contributed by atoms with Gasteiger partial charge in [0.1, 0.15) is 10.5 Å². The molecule has 0 amide bonds. The molecule has 0 fully saturated rings. The van der Waals surface area contributed by atoms with Gasteiger partial charge in [0, 0.05) is 16.7 Å². The van der Waals surface area contributed by atoms with E-state index in [1.165, 1.54) is 6.07 Å². The normalized spacial score (nSPS) is 21.7. The average molecular weight is 342 g/mol. The Bertz CT molecular complexity index is 664. The molecule has 2 nitrogen and oxygen atoms in total. The number of allylic oxidation sites excluding steroid dienone is 1. The molecule has 1 aliphatic carbocycles. The first-order chi connectivity index (χ1) is 10.8. The van der Waals surface area contributed by atoms with Crippen molar-refractivity contribution >= 4 is 16.3 Å². The maximum absolute atomic E-state index is 14.2. The van der Waals surface area contributed by atoms with E-state index in [2.05, 4.69) is 0 Å². The van der Waals surface area contributed by atoms with Gasteiger partial charge >= 0.3 is 6.18 Å². The lowest BCUT2D eigenvalue weighted by molar-refractivity contribution is -0.240. The van der Waals surface area contributed by atoms with Crippen molar-refractivity contribution in [1.29, 1.82) is 0 Å². The molecule has 0 N–H and O–H groups in total. The van der Waals surface area contributed by atoms with E-state index in [9.17, 15) is 18.0 Å². The van der Waals surface area contributed by atoms with Gasteiger partial charge in [-0.25, -0.2) is 0 Å². The van der Waals surface area contributed by atoms with E-state index in [1.807, 2.05) is 0 Å². The number of carbonyl (C=O) groups is 1. The van der Waals surface area contributed by atoms with Gasteiger partial charge in [-0.05, 0) is 30.4 Å². The molecule has 23 heavy (non-hydrogen) atoms.